The van der Waals surface area contributed by atoms with E-state index < -0.39 is 0 Å². The molecule has 190 valence electrons. The Morgan fingerprint density at radius 2 is 1.49 bits per heavy atom. The third-order valence-corrected chi connectivity index (χ3v) is 8.00. The minimum atomic E-state index is -0.371. The van der Waals surface area contributed by atoms with Crippen LogP contribution in [0.5, 0.6) is 11.5 Å². The van der Waals surface area contributed by atoms with Crippen LogP contribution in [0.2, 0.25) is 0 Å². The SMILES string of the molecule is CCOc1cc(C2C3=C(CC(C)(C)CC3=O)N(C)C3=C2C(=O)CC(C)(C)C3)cc(I)c1OC(C)C. The van der Waals surface area contributed by atoms with Crippen LogP contribution in [-0.4, -0.2) is 36.2 Å². The van der Waals surface area contributed by atoms with Crippen molar-refractivity contribution in [3.8, 4) is 11.5 Å². The van der Waals surface area contributed by atoms with Gasteiger partial charge < -0.3 is 14.4 Å². The predicted octanol–water partition coefficient (Wildman–Crippen LogP) is 6.79. The summed E-state index contributed by atoms with van der Waals surface area (Å²) < 4.78 is 13.0. The molecule has 1 aromatic rings. The molecule has 0 aromatic heterocycles. The molecule has 5 nitrogen and oxygen atoms in total. The van der Waals surface area contributed by atoms with Crippen molar-refractivity contribution < 1.29 is 19.1 Å². The summed E-state index contributed by atoms with van der Waals surface area (Å²) in [6.07, 6.45) is 2.61. The number of allylic oxidation sites excluding steroid dienone is 4. The summed E-state index contributed by atoms with van der Waals surface area (Å²) in [5, 5.41) is 0. The van der Waals surface area contributed by atoms with Gasteiger partial charge in [0, 0.05) is 48.3 Å². The quantitative estimate of drug-likeness (QED) is 0.353. The van der Waals surface area contributed by atoms with Gasteiger partial charge in [-0.2, -0.15) is 0 Å². The number of ketones is 2. The average molecular weight is 592 g/mol. The fourth-order valence-corrected chi connectivity index (χ4v) is 6.62. The number of benzene rings is 1. The van der Waals surface area contributed by atoms with Crippen molar-refractivity contribution in [2.75, 3.05) is 13.7 Å². The molecule has 0 N–H and O–H groups in total. The molecule has 0 spiro atoms. The van der Waals surface area contributed by atoms with Crippen LogP contribution in [0, 0.1) is 14.4 Å². The number of carbonyl (C=O) groups excluding carboxylic acids is 2. The zero-order valence-corrected chi connectivity index (χ0v) is 24.5. The Balaban J connectivity index is 1.97. The van der Waals surface area contributed by atoms with Crippen molar-refractivity contribution in [3.63, 3.8) is 0 Å². The molecule has 4 rings (SSSR count). The Morgan fingerprint density at radius 3 is 1.94 bits per heavy atom. The van der Waals surface area contributed by atoms with E-state index in [2.05, 4.69) is 61.3 Å². The number of nitrogens with zero attached hydrogens (tertiary/aromatic N) is 1. The zero-order chi connectivity index (χ0) is 25.9. The summed E-state index contributed by atoms with van der Waals surface area (Å²) in [4.78, 5) is 29.6. The van der Waals surface area contributed by atoms with E-state index in [1.165, 1.54) is 0 Å². The van der Waals surface area contributed by atoms with Crippen LogP contribution < -0.4 is 9.47 Å². The molecule has 3 aliphatic rings. The molecule has 0 radical (unpaired) electrons. The first kappa shape index (κ1) is 26.2. The van der Waals surface area contributed by atoms with Gasteiger partial charge in [-0.3, -0.25) is 9.59 Å². The van der Waals surface area contributed by atoms with Crippen molar-refractivity contribution in [1.29, 1.82) is 0 Å². The number of halogens is 1. The average Bonchev–Trinajstić information content (AvgIpc) is 2.70. The van der Waals surface area contributed by atoms with Crippen molar-refractivity contribution >= 4 is 34.2 Å². The van der Waals surface area contributed by atoms with E-state index in [0.717, 1.165) is 50.3 Å². The molecule has 1 heterocycles. The van der Waals surface area contributed by atoms with Gasteiger partial charge in [0.25, 0.3) is 0 Å². The van der Waals surface area contributed by atoms with Crippen LogP contribution >= 0.6 is 22.6 Å². The van der Waals surface area contributed by atoms with Crippen molar-refractivity contribution in [1.82, 2.24) is 4.90 Å². The second-order valence-corrected chi connectivity index (χ2v) is 13.2. The van der Waals surface area contributed by atoms with Crippen LogP contribution in [0.1, 0.15) is 85.6 Å². The number of hydrogen-bond acceptors (Lipinski definition) is 5. The fourth-order valence-electron chi connectivity index (χ4n) is 5.87. The van der Waals surface area contributed by atoms with Gasteiger partial charge in [-0.05, 0) is 84.7 Å². The minimum absolute atomic E-state index is 0.00447. The van der Waals surface area contributed by atoms with Gasteiger partial charge in [0.05, 0.1) is 16.3 Å². The highest BCUT2D eigenvalue weighted by Gasteiger charge is 2.48. The summed E-state index contributed by atoms with van der Waals surface area (Å²) >= 11 is 2.28. The van der Waals surface area contributed by atoms with Gasteiger partial charge in [0.2, 0.25) is 0 Å². The Hall–Kier alpha value is -1.83. The molecule has 0 unspecified atom stereocenters. The Labute approximate surface area is 223 Å². The maximum absolute atomic E-state index is 13.7. The van der Waals surface area contributed by atoms with Crippen LogP contribution in [-0.2, 0) is 9.59 Å². The van der Waals surface area contributed by atoms with Gasteiger partial charge >= 0.3 is 0 Å². The van der Waals surface area contributed by atoms with E-state index in [9.17, 15) is 9.59 Å². The first-order valence-corrected chi connectivity index (χ1v) is 13.7. The molecule has 2 aliphatic carbocycles. The molecular formula is C29H38INO4. The number of Topliss-reactive ketones (excluding diaryl/α,β-unsaturated/α-hetero) is 2. The van der Waals surface area contributed by atoms with Gasteiger partial charge in [-0.15, -0.1) is 0 Å². The maximum atomic E-state index is 13.7. The topological polar surface area (TPSA) is 55.8 Å². The first-order chi connectivity index (χ1) is 16.2. The molecule has 0 amide bonds. The van der Waals surface area contributed by atoms with E-state index in [1.54, 1.807) is 0 Å². The van der Waals surface area contributed by atoms with Gasteiger partial charge in [0.1, 0.15) is 0 Å². The zero-order valence-electron chi connectivity index (χ0n) is 22.3. The van der Waals surface area contributed by atoms with Crippen molar-refractivity contribution in [2.45, 2.75) is 86.2 Å². The lowest BCUT2D eigenvalue weighted by atomic mass is 9.64. The van der Waals surface area contributed by atoms with Gasteiger partial charge in [-0.25, -0.2) is 0 Å². The Morgan fingerprint density at radius 1 is 0.971 bits per heavy atom. The molecule has 35 heavy (non-hydrogen) atoms. The first-order valence-electron chi connectivity index (χ1n) is 12.6. The molecule has 0 atom stereocenters. The summed E-state index contributed by atoms with van der Waals surface area (Å²) in [7, 11) is 2.04. The molecule has 0 saturated carbocycles. The van der Waals surface area contributed by atoms with Crippen molar-refractivity contribution in [3.05, 3.63) is 43.8 Å². The highest BCUT2D eigenvalue weighted by Crippen LogP contribution is 2.54. The summed E-state index contributed by atoms with van der Waals surface area (Å²) in [5.41, 5.74) is 4.42. The third kappa shape index (κ3) is 4.92. The molecule has 1 aromatic carbocycles. The Kier molecular flexibility index (Phi) is 6.92. The lowest BCUT2D eigenvalue weighted by Gasteiger charge is -2.48. The number of ether oxygens (including phenoxy) is 2. The fraction of sp³-hybridized carbons (Fsp3) is 0.586. The largest absolute Gasteiger partial charge is 0.490 e. The lowest BCUT2D eigenvalue weighted by molar-refractivity contribution is -0.119. The monoisotopic (exact) mass is 591 g/mol. The van der Waals surface area contributed by atoms with E-state index in [1.807, 2.05) is 33.9 Å². The standard InChI is InChI=1S/C29H38INO4/c1-9-34-23-11-17(10-18(30)27(23)35-16(2)3)24-25-19(12-28(4,5)14-21(25)32)31(8)20-13-29(6,7)15-22(33)26(20)24/h10-11,16,24H,9,12-15H2,1-8H3. The summed E-state index contributed by atoms with van der Waals surface area (Å²) in [5.74, 6) is 1.30. The molecule has 6 heteroatoms. The predicted molar refractivity (Wildman–Crippen MR) is 147 cm³/mol. The molecule has 0 saturated heterocycles. The van der Waals surface area contributed by atoms with Crippen LogP contribution in [0.15, 0.2) is 34.7 Å². The normalized spacial score (nSPS) is 21.9. The van der Waals surface area contributed by atoms with Crippen LogP contribution in [0.25, 0.3) is 0 Å². The van der Waals surface area contributed by atoms with Gasteiger partial charge in [0.15, 0.2) is 23.1 Å². The maximum Gasteiger partial charge on any atom is 0.174 e. The van der Waals surface area contributed by atoms with E-state index in [4.69, 9.17) is 9.47 Å². The second-order valence-electron chi connectivity index (χ2n) is 12.0. The number of carbonyl (C=O) groups is 2. The Bertz CT molecular complexity index is 1090. The lowest BCUT2D eigenvalue weighted by Crippen LogP contribution is -2.43. The van der Waals surface area contributed by atoms with Crippen LogP contribution in [0.3, 0.4) is 0 Å². The highest BCUT2D eigenvalue weighted by atomic mass is 127. The number of rotatable bonds is 5. The summed E-state index contributed by atoms with van der Waals surface area (Å²) in [6.45, 7) is 15.1. The number of hydrogen-bond donors (Lipinski definition) is 0. The van der Waals surface area contributed by atoms with Gasteiger partial charge in [-0.1, -0.05) is 27.7 Å². The molecule has 0 bridgehead atoms. The second kappa shape index (κ2) is 9.24. The van der Waals surface area contributed by atoms with E-state index in [0.29, 0.717) is 25.2 Å². The summed E-state index contributed by atoms with van der Waals surface area (Å²) in [6, 6.07) is 4.07. The minimum Gasteiger partial charge on any atom is -0.490 e. The molecular weight excluding hydrogens is 553 g/mol. The molecule has 0 fully saturated rings. The van der Waals surface area contributed by atoms with Crippen molar-refractivity contribution in [2.24, 2.45) is 10.8 Å². The van der Waals surface area contributed by atoms with Crippen LogP contribution in [0.4, 0.5) is 0 Å². The smallest absolute Gasteiger partial charge is 0.174 e. The third-order valence-electron chi connectivity index (χ3n) is 7.20. The van der Waals surface area contributed by atoms with E-state index in [-0.39, 0.29) is 34.4 Å². The molecule has 1 aliphatic heterocycles. The highest BCUT2D eigenvalue weighted by molar-refractivity contribution is 14.1. The van der Waals surface area contributed by atoms with E-state index >= 15 is 0 Å².